The Morgan fingerprint density at radius 3 is 2.81 bits per heavy atom. The fourth-order valence-electron chi connectivity index (χ4n) is 3.76. The lowest BCUT2D eigenvalue weighted by Gasteiger charge is -2.44. The van der Waals surface area contributed by atoms with Gasteiger partial charge in [0.25, 0.3) is 0 Å². The van der Waals surface area contributed by atoms with Crippen LogP contribution in [0.15, 0.2) is 12.1 Å². The largest absolute Gasteiger partial charge is 0.348 e. The third-order valence-corrected chi connectivity index (χ3v) is 4.71. The molecule has 0 aromatic carbocycles. The SMILES string of the molecule is NNc1ccc([N+](=O)[O-])c(N2CCC[C@H]3CCCC[C@H]32)n1. The first-order valence-corrected chi connectivity index (χ1v) is 7.59. The van der Waals surface area contributed by atoms with Gasteiger partial charge in [-0.3, -0.25) is 10.1 Å². The maximum Gasteiger partial charge on any atom is 0.311 e. The third-order valence-electron chi connectivity index (χ3n) is 4.71. The highest BCUT2D eigenvalue weighted by atomic mass is 16.6. The quantitative estimate of drug-likeness (QED) is 0.504. The van der Waals surface area contributed by atoms with Gasteiger partial charge >= 0.3 is 5.69 Å². The van der Waals surface area contributed by atoms with Gasteiger partial charge in [-0.25, -0.2) is 10.8 Å². The molecule has 114 valence electrons. The van der Waals surface area contributed by atoms with Crippen LogP contribution in [0.5, 0.6) is 0 Å². The number of nitrogens with one attached hydrogen (secondary N) is 1. The maximum atomic E-state index is 11.3. The second kappa shape index (κ2) is 5.85. The predicted molar refractivity (Wildman–Crippen MR) is 81.0 cm³/mol. The van der Waals surface area contributed by atoms with Crippen molar-refractivity contribution in [3.63, 3.8) is 0 Å². The lowest BCUT2D eigenvalue weighted by Crippen LogP contribution is -2.47. The average molecular weight is 291 g/mol. The van der Waals surface area contributed by atoms with Crippen LogP contribution in [0.25, 0.3) is 0 Å². The van der Waals surface area contributed by atoms with Crippen molar-refractivity contribution in [2.24, 2.45) is 11.8 Å². The van der Waals surface area contributed by atoms with Gasteiger partial charge in [-0.15, -0.1) is 0 Å². The number of piperidine rings is 1. The van der Waals surface area contributed by atoms with Gasteiger partial charge in [-0.1, -0.05) is 12.8 Å². The van der Waals surface area contributed by atoms with E-state index in [1.165, 1.54) is 31.7 Å². The first-order chi connectivity index (χ1) is 10.2. The smallest absolute Gasteiger partial charge is 0.311 e. The number of nitrogen functional groups attached to an aromatic ring is 1. The van der Waals surface area contributed by atoms with E-state index >= 15 is 0 Å². The van der Waals surface area contributed by atoms with Gasteiger partial charge in [0.2, 0.25) is 5.82 Å². The first-order valence-electron chi connectivity index (χ1n) is 7.59. The zero-order valence-electron chi connectivity index (χ0n) is 12.0. The minimum Gasteiger partial charge on any atom is -0.348 e. The van der Waals surface area contributed by atoms with Gasteiger partial charge in [0.05, 0.1) is 4.92 Å². The summed E-state index contributed by atoms with van der Waals surface area (Å²) in [5, 5.41) is 11.3. The number of hydrogen-bond acceptors (Lipinski definition) is 6. The second-order valence-electron chi connectivity index (χ2n) is 5.89. The Labute approximate surface area is 123 Å². The molecule has 0 bridgehead atoms. The Kier molecular flexibility index (Phi) is 3.92. The molecular weight excluding hydrogens is 270 g/mol. The zero-order valence-corrected chi connectivity index (χ0v) is 12.0. The maximum absolute atomic E-state index is 11.3. The number of fused-ring (bicyclic) bond motifs is 1. The van der Waals surface area contributed by atoms with Gasteiger partial charge in [-0.05, 0) is 37.7 Å². The summed E-state index contributed by atoms with van der Waals surface area (Å²) < 4.78 is 0. The summed E-state index contributed by atoms with van der Waals surface area (Å²) in [6.07, 6.45) is 7.09. The Bertz CT molecular complexity index is 534. The molecule has 1 aliphatic heterocycles. The summed E-state index contributed by atoms with van der Waals surface area (Å²) in [7, 11) is 0. The van der Waals surface area contributed by atoms with Gasteiger partial charge in [0.1, 0.15) is 5.82 Å². The molecule has 0 spiro atoms. The van der Waals surface area contributed by atoms with Gasteiger partial charge in [-0.2, -0.15) is 0 Å². The molecule has 0 radical (unpaired) electrons. The minimum absolute atomic E-state index is 0.0697. The summed E-state index contributed by atoms with van der Waals surface area (Å²) in [5.41, 5.74) is 2.55. The number of hydrogen-bond donors (Lipinski definition) is 2. The molecule has 2 aliphatic rings. The molecule has 1 saturated heterocycles. The van der Waals surface area contributed by atoms with Crippen molar-refractivity contribution >= 4 is 17.3 Å². The summed E-state index contributed by atoms with van der Waals surface area (Å²) >= 11 is 0. The van der Waals surface area contributed by atoms with Crippen LogP contribution in [-0.4, -0.2) is 22.5 Å². The lowest BCUT2D eigenvalue weighted by molar-refractivity contribution is -0.384. The predicted octanol–water partition coefficient (Wildman–Crippen LogP) is 2.43. The van der Waals surface area contributed by atoms with Crippen molar-refractivity contribution in [2.45, 2.75) is 44.6 Å². The van der Waals surface area contributed by atoms with Crippen LogP contribution in [0.4, 0.5) is 17.3 Å². The van der Waals surface area contributed by atoms with E-state index in [2.05, 4.69) is 15.3 Å². The van der Waals surface area contributed by atoms with Crippen molar-refractivity contribution in [2.75, 3.05) is 16.9 Å². The topological polar surface area (TPSA) is 97.3 Å². The molecule has 7 heteroatoms. The number of rotatable bonds is 3. The summed E-state index contributed by atoms with van der Waals surface area (Å²) in [6.45, 7) is 0.836. The molecule has 0 amide bonds. The third kappa shape index (κ3) is 2.65. The van der Waals surface area contributed by atoms with E-state index in [1.807, 2.05) is 0 Å². The van der Waals surface area contributed by atoms with Crippen molar-refractivity contribution in [1.82, 2.24) is 4.98 Å². The number of nitrogens with zero attached hydrogens (tertiary/aromatic N) is 3. The van der Waals surface area contributed by atoms with E-state index in [1.54, 1.807) is 6.07 Å². The van der Waals surface area contributed by atoms with Crippen LogP contribution in [0, 0.1) is 16.0 Å². The van der Waals surface area contributed by atoms with E-state index in [0.29, 0.717) is 23.6 Å². The first kappa shape index (κ1) is 14.1. The van der Waals surface area contributed by atoms with E-state index < -0.39 is 0 Å². The zero-order chi connectivity index (χ0) is 14.8. The Hall–Kier alpha value is -1.89. The van der Waals surface area contributed by atoms with Crippen LogP contribution >= 0.6 is 0 Å². The van der Waals surface area contributed by atoms with Crippen molar-refractivity contribution < 1.29 is 4.92 Å². The number of anilines is 2. The van der Waals surface area contributed by atoms with Crippen LogP contribution in [0.3, 0.4) is 0 Å². The Morgan fingerprint density at radius 2 is 2.05 bits per heavy atom. The van der Waals surface area contributed by atoms with E-state index in [-0.39, 0.29) is 10.6 Å². The molecule has 0 unspecified atom stereocenters. The van der Waals surface area contributed by atoms with Crippen LogP contribution < -0.4 is 16.2 Å². The molecule has 1 aromatic rings. The second-order valence-corrected chi connectivity index (χ2v) is 5.89. The van der Waals surface area contributed by atoms with Crippen molar-refractivity contribution in [3.05, 3.63) is 22.2 Å². The molecule has 21 heavy (non-hydrogen) atoms. The molecule has 7 nitrogen and oxygen atoms in total. The molecule has 1 aromatic heterocycles. The van der Waals surface area contributed by atoms with Crippen molar-refractivity contribution in [3.8, 4) is 0 Å². The molecular formula is C14H21N5O2. The van der Waals surface area contributed by atoms with Crippen LogP contribution in [0.1, 0.15) is 38.5 Å². The lowest BCUT2D eigenvalue weighted by atomic mass is 9.78. The molecule has 3 N–H and O–H groups in total. The molecule has 3 rings (SSSR count). The van der Waals surface area contributed by atoms with Crippen LogP contribution in [0.2, 0.25) is 0 Å². The average Bonchev–Trinajstić information content (AvgIpc) is 2.53. The number of nitrogens with two attached hydrogens (primary N) is 1. The van der Waals surface area contributed by atoms with Crippen LogP contribution in [-0.2, 0) is 0 Å². The Balaban J connectivity index is 1.98. The normalized spacial score (nSPS) is 25.3. The minimum atomic E-state index is -0.352. The van der Waals surface area contributed by atoms with Crippen molar-refractivity contribution in [1.29, 1.82) is 0 Å². The van der Waals surface area contributed by atoms with E-state index in [4.69, 9.17) is 5.84 Å². The fraction of sp³-hybridized carbons (Fsp3) is 0.643. The molecule has 1 aliphatic carbocycles. The van der Waals surface area contributed by atoms with E-state index in [9.17, 15) is 10.1 Å². The van der Waals surface area contributed by atoms with Gasteiger partial charge in [0, 0.05) is 18.7 Å². The highest BCUT2D eigenvalue weighted by molar-refractivity contribution is 5.62. The molecule has 2 heterocycles. The highest BCUT2D eigenvalue weighted by Gasteiger charge is 2.36. The standard InChI is InChI=1S/C14H21N5O2/c15-17-13-8-7-12(19(20)21)14(16-13)18-9-3-5-10-4-1-2-6-11(10)18/h7-8,10-11H,1-6,9,15H2,(H,16,17)/t10-,11-/m1/s1. The summed E-state index contributed by atoms with van der Waals surface area (Å²) in [5.74, 6) is 6.98. The fourth-order valence-corrected chi connectivity index (χ4v) is 3.76. The highest BCUT2D eigenvalue weighted by Crippen LogP contribution is 2.40. The summed E-state index contributed by atoms with van der Waals surface area (Å²) in [4.78, 5) is 17.5. The number of hydrazine groups is 1. The van der Waals surface area contributed by atoms with E-state index in [0.717, 1.165) is 19.4 Å². The molecule has 2 fully saturated rings. The monoisotopic (exact) mass is 291 g/mol. The number of nitro groups is 1. The van der Waals surface area contributed by atoms with Gasteiger partial charge < -0.3 is 10.3 Å². The number of aromatic nitrogens is 1. The summed E-state index contributed by atoms with van der Waals surface area (Å²) in [6, 6.07) is 3.42. The van der Waals surface area contributed by atoms with Gasteiger partial charge in [0.15, 0.2) is 0 Å². The Morgan fingerprint density at radius 1 is 1.29 bits per heavy atom. The number of pyridine rings is 1. The molecule has 1 saturated carbocycles. The molecule has 2 atom stereocenters.